The standard InChI is InChI=1S/C12H24N2O4S/c1-3-13-10-11-4-7-14(8-5-11)19(16,17)9-6-12(15)18-2/h11,13H,3-10H2,1-2H3. The van der Waals surface area contributed by atoms with E-state index in [9.17, 15) is 13.2 Å². The van der Waals surface area contributed by atoms with Crippen LogP contribution in [0.5, 0.6) is 0 Å². The highest BCUT2D eigenvalue weighted by atomic mass is 32.2. The van der Waals surface area contributed by atoms with E-state index < -0.39 is 16.0 Å². The van der Waals surface area contributed by atoms with Gasteiger partial charge in [-0.2, -0.15) is 0 Å². The lowest BCUT2D eigenvalue weighted by Crippen LogP contribution is -2.42. The fraction of sp³-hybridized carbons (Fsp3) is 0.917. The molecular formula is C12H24N2O4S. The highest BCUT2D eigenvalue weighted by Gasteiger charge is 2.28. The van der Waals surface area contributed by atoms with Crippen molar-refractivity contribution < 1.29 is 17.9 Å². The summed E-state index contributed by atoms with van der Waals surface area (Å²) in [6.45, 7) is 5.07. The van der Waals surface area contributed by atoms with Crippen LogP contribution in [-0.4, -0.2) is 57.7 Å². The minimum atomic E-state index is -3.32. The third kappa shape index (κ3) is 5.46. The molecule has 1 heterocycles. The molecule has 0 aromatic heterocycles. The Morgan fingerprint density at radius 2 is 2.00 bits per heavy atom. The van der Waals surface area contributed by atoms with Crippen molar-refractivity contribution >= 4 is 16.0 Å². The van der Waals surface area contributed by atoms with Gasteiger partial charge in [-0.3, -0.25) is 4.79 Å². The van der Waals surface area contributed by atoms with Crippen LogP contribution in [0.2, 0.25) is 0 Å². The summed E-state index contributed by atoms with van der Waals surface area (Å²) in [5, 5.41) is 3.29. The number of esters is 1. The summed E-state index contributed by atoms with van der Waals surface area (Å²) in [6.07, 6.45) is 1.69. The summed E-state index contributed by atoms with van der Waals surface area (Å²) in [7, 11) is -2.06. The van der Waals surface area contributed by atoms with Crippen molar-refractivity contribution in [2.24, 2.45) is 5.92 Å². The van der Waals surface area contributed by atoms with Gasteiger partial charge in [0.2, 0.25) is 10.0 Å². The molecule has 0 aromatic carbocycles. The Hall–Kier alpha value is -0.660. The largest absolute Gasteiger partial charge is 0.469 e. The smallest absolute Gasteiger partial charge is 0.306 e. The quantitative estimate of drug-likeness (QED) is 0.679. The third-order valence-electron chi connectivity index (χ3n) is 3.44. The molecule has 1 aliphatic rings. The molecular weight excluding hydrogens is 268 g/mol. The molecule has 6 nitrogen and oxygen atoms in total. The van der Waals surface area contributed by atoms with Crippen LogP contribution in [-0.2, 0) is 19.6 Å². The first kappa shape index (κ1) is 16.4. The van der Waals surface area contributed by atoms with Crippen LogP contribution in [0.15, 0.2) is 0 Å². The minimum absolute atomic E-state index is 0.0733. The number of carbonyl (C=O) groups is 1. The van der Waals surface area contributed by atoms with Crippen molar-refractivity contribution in [2.75, 3.05) is 39.0 Å². The van der Waals surface area contributed by atoms with Gasteiger partial charge in [0.25, 0.3) is 0 Å². The molecule has 1 saturated heterocycles. The van der Waals surface area contributed by atoms with Crippen LogP contribution in [0.1, 0.15) is 26.2 Å². The number of ether oxygens (including phenoxy) is 1. The normalized spacial score (nSPS) is 18.4. The molecule has 7 heteroatoms. The molecule has 0 saturated carbocycles. The summed E-state index contributed by atoms with van der Waals surface area (Å²) < 4.78 is 30.0. The summed E-state index contributed by atoms with van der Waals surface area (Å²) >= 11 is 0. The van der Waals surface area contributed by atoms with Gasteiger partial charge in [0.05, 0.1) is 19.3 Å². The van der Waals surface area contributed by atoms with E-state index >= 15 is 0 Å². The SMILES string of the molecule is CCNCC1CCN(S(=O)(=O)CCC(=O)OC)CC1. The van der Waals surface area contributed by atoms with Gasteiger partial charge in [-0.15, -0.1) is 0 Å². The van der Waals surface area contributed by atoms with Crippen molar-refractivity contribution in [1.29, 1.82) is 0 Å². The Balaban J connectivity index is 2.38. The van der Waals surface area contributed by atoms with E-state index in [1.165, 1.54) is 11.4 Å². The minimum Gasteiger partial charge on any atom is -0.469 e. The van der Waals surface area contributed by atoms with Gasteiger partial charge in [0, 0.05) is 13.1 Å². The second-order valence-electron chi connectivity index (χ2n) is 4.79. The van der Waals surface area contributed by atoms with E-state index in [0.29, 0.717) is 19.0 Å². The number of hydrogen-bond donors (Lipinski definition) is 1. The maximum atomic E-state index is 12.0. The summed E-state index contributed by atoms with van der Waals surface area (Å²) in [5.41, 5.74) is 0. The molecule has 112 valence electrons. The number of sulfonamides is 1. The molecule has 0 spiro atoms. The first-order valence-electron chi connectivity index (χ1n) is 6.75. The molecule has 0 aromatic rings. The van der Waals surface area contributed by atoms with Crippen LogP contribution < -0.4 is 5.32 Å². The number of nitrogens with one attached hydrogen (secondary N) is 1. The average molecular weight is 292 g/mol. The Bertz CT molecular complexity index is 375. The number of methoxy groups -OCH3 is 1. The van der Waals surface area contributed by atoms with Crippen molar-refractivity contribution in [3.63, 3.8) is 0 Å². The van der Waals surface area contributed by atoms with Crippen molar-refractivity contribution in [2.45, 2.75) is 26.2 Å². The molecule has 19 heavy (non-hydrogen) atoms. The Kier molecular flexibility index (Phi) is 6.74. The summed E-state index contributed by atoms with van der Waals surface area (Å²) in [4.78, 5) is 11.0. The van der Waals surface area contributed by atoms with E-state index in [4.69, 9.17) is 0 Å². The van der Waals surface area contributed by atoms with Crippen LogP contribution in [0.4, 0.5) is 0 Å². The third-order valence-corrected chi connectivity index (χ3v) is 5.31. The average Bonchev–Trinajstić information content (AvgIpc) is 2.43. The van der Waals surface area contributed by atoms with Gasteiger partial charge in [0.1, 0.15) is 0 Å². The lowest BCUT2D eigenvalue weighted by atomic mass is 9.98. The lowest BCUT2D eigenvalue weighted by molar-refractivity contribution is -0.140. The van der Waals surface area contributed by atoms with Crippen LogP contribution >= 0.6 is 0 Å². The summed E-state index contributed by atoms with van der Waals surface area (Å²) in [5.74, 6) is -0.0880. The van der Waals surface area contributed by atoms with E-state index in [1.807, 2.05) is 0 Å². The van der Waals surface area contributed by atoms with E-state index in [1.54, 1.807) is 0 Å². The maximum absolute atomic E-state index is 12.0. The van der Waals surface area contributed by atoms with Gasteiger partial charge in [-0.25, -0.2) is 12.7 Å². The highest BCUT2D eigenvalue weighted by molar-refractivity contribution is 7.89. The Morgan fingerprint density at radius 1 is 1.37 bits per heavy atom. The fourth-order valence-electron chi connectivity index (χ4n) is 2.18. The molecule has 1 N–H and O–H groups in total. The summed E-state index contributed by atoms with van der Waals surface area (Å²) in [6, 6.07) is 0. The van der Waals surface area contributed by atoms with Crippen LogP contribution in [0, 0.1) is 5.92 Å². The first-order chi connectivity index (χ1) is 8.99. The zero-order chi connectivity index (χ0) is 14.3. The number of nitrogens with zero attached hydrogens (tertiary/aromatic N) is 1. The van der Waals surface area contributed by atoms with Gasteiger partial charge >= 0.3 is 5.97 Å². The Morgan fingerprint density at radius 3 is 2.53 bits per heavy atom. The van der Waals surface area contributed by atoms with Crippen molar-refractivity contribution in [3.05, 3.63) is 0 Å². The van der Waals surface area contributed by atoms with Crippen LogP contribution in [0.25, 0.3) is 0 Å². The molecule has 0 aliphatic carbocycles. The van der Waals surface area contributed by atoms with Gasteiger partial charge in [-0.05, 0) is 31.8 Å². The second-order valence-corrected chi connectivity index (χ2v) is 6.88. The first-order valence-corrected chi connectivity index (χ1v) is 8.36. The Labute approximate surface area is 115 Å². The predicted octanol–water partition coefficient (Wildman–Crippen LogP) is 0.201. The number of piperidine rings is 1. The molecule has 1 aliphatic heterocycles. The van der Waals surface area contributed by atoms with Gasteiger partial charge in [0.15, 0.2) is 0 Å². The molecule has 0 amide bonds. The molecule has 0 atom stereocenters. The van der Waals surface area contributed by atoms with Crippen molar-refractivity contribution in [3.8, 4) is 0 Å². The van der Waals surface area contributed by atoms with E-state index in [2.05, 4.69) is 17.0 Å². The molecule has 1 rings (SSSR count). The lowest BCUT2D eigenvalue weighted by Gasteiger charge is -2.31. The van der Waals surface area contributed by atoms with Crippen molar-refractivity contribution in [1.82, 2.24) is 9.62 Å². The zero-order valence-electron chi connectivity index (χ0n) is 11.7. The monoisotopic (exact) mass is 292 g/mol. The second kappa shape index (κ2) is 7.81. The van der Waals surface area contributed by atoms with E-state index in [0.717, 1.165) is 25.9 Å². The predicted molar refractivity (Wildman–Crippen MR) is 73.3 cm³/mol. The molecule has 1 fully saturated rings. The zero-order valence-corrected chi connectivity index (χ0v) is 12.5. The van der Waals surface area contributed by atoms with Crippen LogP contribution in [0.3, 0.4) is 0 Å². The van der Waals surface area contributed by atoms with E-state index in [-0.39, 0.29) is 12.2 Å². The van der Waals surface area contributed by atoms with Gasteiger partial charge in [-0.1, -0.05) is 6.92 Å². The number of rotatable bonds is 7. The topological polar surface area (TPSA) is 75.7 Å². The molecule has 0 bridgehead atoms. The molecule has 0 unspecified atom stereocenters. The maximum Gasteiger partial charge on any atom is 0.306 e. The number of carbonyl (C=O) groups excluding carboxylic acids is 1. The highest BCUT2D eigenvalue weighted by Crippen LogP contribution is 2.19. The molecule has 0 radical (unpaired) electrons. The van der Waals surface area contributed by atoms with Gasteiger partial charge < -0.3 is 10.1 Å². The fourth-order valence-corrected chi connectivity index (χ4v) is 3.63. The number of hydrogen-bond acceptors (Lipinski definition) is 5.